The summed E-state index contributed by atoms with van der Waals surface area (Å²) in [7, 11) is 0. The van der Waals surface area contributed by atoms with Crippen LogP contribution < -0.4 is 4.74 Å². The number of ether oxygens (including phenoxy) is 1. The van der Waals surface area contributed by atoms with E-state index in [2.05, 4.69) is 95.9 Å². The molecule has 0 bridgehead atoms. The number of rotatable bonds is 14. The van der Waals surface area contributed by atoms with Crippen LogP contribution in [0.15, 0.2) is 54.7 Å². The molecule has 3 atom stereocenters. The molecule has 0 N–H and O–H groups in total. The monoisotopic (exact) mass is 553 g/mol. The van der Waals surface area contributed by atoms with Crippen molar-refractivity contribution in [2.75, 3.05) is 0 Å². The molecule has 0 fully saturated rings. The fraction of sp³-hybridized carbons (Fsp3) is 0.564. The summed E-state index contributed by atoms with van der Waals surface area (Å²) in [6.45, 7) is 16.3. The Morgan fingerprint density at radius 3 is 2.20 bits per heavy atom. The lowest BCUT2D eigenvalue weighted by Gasteiger charge is -2.37. The van der Waals surface area contributed by atoms with Crippen LogP contribution in [0.1, 0.15) is 116 Å². The Labute approximate surface area is 251 Å². The molecule has 3 unspecified atom stereocenters. The molecule has 3 aromatic rings. The molecule has 2 heteroatoms. The third-order valence-electron chi connectivity index (χ3n) is 9.40. The minimum atomic E-state index is -0.0631. The quantitative estimate of drug-likeness (QED) is 0.198. The van der Waals surface area contributed by atoms with Crippen molar-refractivity contribution in [3.63, 3.8) is 0 Å². The van der Waals surface area contributed by atoms with E-state index < -0.39 is 0 Å². The lowest BCUT2D eigenvalue weighted by molar-refractivity contribution is 0.0516. The molecule has 41 heavy (non-hydrogen) atoms. The number of hydrogen-bond donors (Lipinski definition) is 0. The van der Waals surface area contributed by atoms with Crippen molar-refractivity contribution < 1.29 is 4.74 Å². The number of benzene rings is 2. The van der Waals surface area contributed by atoms with E-state index in [1.807, 2.05) is 12.3 Å². The van der Waals surface area contributed by atoms with Crippen LogP contribution in [-0.4, -0.2) is 10.6 Å². The highest BCUT2D eigenvalue weighted by Gasteiger charge is 2.32. The van der Waals surface area contributed by atoms with Gasteiger partial charge in [-0.2, -0.15) is 0 Å². The molecule has 1 aliphatic rings. The zero-order chi connectivity index (χ0) is 29.4. The molecule has 4 rings (SSSR count). The van der Waals surface area contributed by atoms with Crippen molar-refractivity contribution in [3.8, 4) is 28.1 Å². The second-order valence-corrected chi connectivity index (χ2v) is 13.9. The van der Waals surface area contributed by atoms with Crippen molar-refractivity contribution in [1.82, 2.24) is 4.98 Å². The third-order valence-corrected chi connectivity index (χ3v) is 9.40. The summed E-state index contributed by atoms with van der Waals surface area (Å²) >= 11 is 0. The van der Waals surface area contributed by atoms with E-state index in [0.29, 0.717) is 0 Å². The molecule has 1 aromatic heterocycles. The van der Waals surface area contributed by atoms with E-state index in [9.17, 15) is 0 Å². The molecule has 0 radical (unpaired) electrons. The molecular weight excluding hydrogens is 498 g/mol. The van der Waals surface area contributed by atoms with Crippen molar-refractivity contribution in [2.24, 2.45) is 17.8 Å². The SMILES string of the molecule is Cc1cc(-c2cccc(C)c2-c2ccccn2)cc2c1OC(C)(CCCC(C)CCCC(C)CCCC(C)C)CC2. The molecule has 0 aliphatic carbocycles. The second kappa shape index (κ2) is 14.5. The highest BCUT2D eigenvalue weighted by molar-refractivity contribution is 5.85. The first-order valence-corrected chi connectivity index (χ1v) is 16.5. The van der Waals surface area contributed by atoms with Gasteiger partial charge in [-0.15, -0.1) is 0 Å². The van der Waals surface area contributed by atoms with Gasteiger partial charge in [0.05, 0.1) is 5.69 Å². The largest absolute Gasteiger partial charge is 0.487 e. The maximum Gasteiger partial charge on any atom is 0.126 e. The summed E-state index contributed by atoms with van der Waals surface area (Å²) < 4.78 is 6.82. The Morgan fingerprint density at radius 1 is 0.805 bits per heavy atom. The van der Waals surface area contributed by atoms with E-state index >= 15 is 0 Å². The average molecular weight is 554 g/mol. The molecule has 0 spiro atoms. The van der Waals surface area contributed by atoms with Crippen molar-refractivity contribution in [1.29, 1.82) is 0 Å². The number of aryl methyl sites for hydroxylation is 3. The van der Waals surface area contributed by atoms with Crippen LogP contribution >= 0.6 is 0 Å². The van der Waals surface area contributed by atoms with E-state index in [-0.39, 0.29) is 5.60 Å². The first-order chi connectivity index (χ1) is 19.6. The molecule has 222 valence electrons. The predicted octanol–water partition coefficient (Wildman–Crippen LogP) is 11.6. The molecule has 0 saturated carbocycles. The van der Waals surface area contributed by atoms with Crippen LogP contribution in [0.3, 0.4) is 0 Å². The summed E-state index contributed by atoms with van der Waals surface area (Å²) in [5, 5.41) is 0. The standard InChI is InChI=1S/C39H55NO/c1-28(2)14-10-15-29(3)16-11-17-30(4)18-13-23-39(7)24-22-33-27-34(26-32(6)38(33)41-39)35-20-12-19-31(5)37(35)36-21-8-9-25-40-36/h8-9,12,19-21,25-30H,10-11,13-18,22-24H2,1-7H3. The number of fused-ring (bicyclic) bond motifs is 1. The number of hydrogen-bond acceptors (Lipinski definition) is 2. The lowest BCUT2D eigenvalue weighted by atomic mass is 9.84. The van der Waals surface area contributed by atoms with Gasteiger partial charge in [-0.3, -0.25) is 4.98 Å². The van der Waals surface area contributed by atoms with Gasteiger partial charge in [0, 0.05) is 11.8 Å². The minimum absolute atomic E-state index is 0.0631. The van der Waals surface area contributed by atoms with Crippen LogP contribution in [0.25, 0.3) is 22.4 Å². The smallest absolute Gasteiger partial charge is 0.126 e. The van der Waals surface area contributed by atoms with E-state index in [1.54, 1.807) is 0 Å². The highest BCUT2D eigenvalue weighted by atomic mass is 16.5. The summed E-state index contributed by atoms with van der Waals surface area (Å²) in [6, 6.07) is 17.4. The zero-order valence-corrected chi connectivity index (χ0v) is 27.1. The Kier molecular flexibility index (Phi) is 11.1. The number of nitrogens with zero attached hydrogens (tertiary/aromatic N) is 1. The van der Waals surface area contributed by atoms with Crippen LogP contribution in [0.5, 0.6) is 5.75 Å². The van der Waals surface area contributed by atoms with Crippen molar-refractivity contribution in [3.05, 3.63) is 71.4 Å². The summed E-state index contributed by atoms with van der Waals surface area (Å²) in [5.74, 6) is 3.65. The lowest BCUT2D eigenvalue weighted by Crippen LogP contribution is -2.36. The van der Waals surface area contributed by atoms with Crippen molar-refractivity contribution >= 4 is 0 Å². The van der Waals surface area contributed by atoms with E-state index in [0.717, 1.165) is 48.5 Å². The Morgan fingerprint density at radius 2 is 1.51 bits per heavy atom. The number of aromatic nitrogens is 1. The molecule has 2 nitrogen and oxygen atoms in total. The maximum atomic E-state index is 6.82. The Balaban J connectivity index is 1.33. The molecule has 1 aliphatic heterocycles. The van der Waals surface area contributed by atoms with Gasteiger partial charge < -0.3 is 4.74 Å². The molecule has 2 heterocycles. The Hall–Kier alpha value is -2.61. The molecule has 0 saturated heterocycles. The zero-order valence-electron chi connectivity index (χ0n) is 27.1. The first kappa shape index (κ1) is 31.3. The van der Waals surface area contributed by atoms with Crippen LogP contribution in [0.2, 0.25) is 0 Å². The molecule has 0 amide bonds. The van der Waals surface area contributed by atoms with Gasteiger partial charge in [0.1, 0.15) is 11.4 Å². The topological polar surface area (TPSA) is 22.1 Å². The van der Waals surface area contributed by atoms with Gasteiger partial charge >= 0.3 is 0 Å². The highest BCUT2D eigenvalue weighted by Crippen LogP contribution is 2.42. The normalized spacial score (nSPS) is 18.1. The minimum Gasteiger partial charge on any atom is -0.487 e. The van der Waals surface area contributed by atoms with E-state index in [1.165, 1.54) is 84.7 Å². The van der Waals surface area contributed by atoms with Crippen LogP contribution in [-0.2, 0) is 6.42 Å². The molecular formula is C39H55NO. The summed E-state index contributed by atoms with van der Waals surface area (Å²) in [5.41, 5.74) is 8.56. The first-order valence-electron chi connectivity index (χ1n) is 16.5. The Bertz CT molecular complexity index is 1250. The second-order valence-electron chi connectivity index (χ2n) is 13.9. The predicted molar refractivity (Wildman–Crippen MR) is 177 cm³/mol. The van der Waals surface area contributed by atoms with E-state index in [4.69, 9.17) is 4.74 Å². The third kappa shape index (κ3) is 8.69. The number of pyridine rings is 1. The van der Waals surface area contributed by atoms with Gasteiger partial charge in [0.2, 0.25) is 0 Å². The summed E-state index contributed by atoms with van der Waals surface area (Å²) in [6.07, 6.45) is 16.1. The average Bonchev–Trinajstić information content (AvgIpc) is 2.93. The maximum absolute atomic E-state index is 6.82. The van der Waals surface area contributed by atoms with Crippen LogP contribution in [0.4, 0.5) is 0 Å². The molecule has 2 aromatic carbocycles. The van der Waals surface area contributed by atoms with Gasteiger partial charge in [-0.1, -0.05) is 96.9 Å². The van der Waals surface area contributed by atoms with Gasteiger partial charge in [-0.25, -0.2) is 0 Å². The fourth-order valence-electron chi connectivity index (χ4n) is 6.77. The summed E-state index contributed by atoms with van der Waals surface area (Å²) in [4.78, 5) is 4.68. The van der Waals surface area contributed by atoms with Crippen LogP contribution in [0, 0.1) is 31.6 Å². The van der Waals surface area contributed by atoms with Gasteiger partial charge in [0.25, 0.3) is 0 Å². The van der Waals surface area contributed by atoms with Gasteiger partial charge in [-0.05, 0) is 116 Å². The van der Waals surface area contributed by atoms with Crippen molar-refractivity contribution in [2.45, 2.75) is 125 Å². The van der Waals surface area contributed by atoms with Gasteiger partial charge in [0.15, 0.2) is 0 Å². The fourth-order valence-corrected chi connectivity index (χ4v) is 6.77.